The second-order valence-electron chi connectivity index (χ2n) is 5.50. The summed E-state index contributed by atoms with van der Waals surface area (Å²) in [6.07, 6.45) is 3.52. The number of carbonyl (C=O) groups excluding carboxylic acids is 2. The number of hydrogen-bond donors (Lipinski definition) is 0. The molecule has 0 fully saturated rings. The van der Waals surface area contributed by atoms with E-state index in [1.54, 1.807) is 0 Å². The molecule has 0 spiro atoms. The lowest BCUT2D eigenvalue weighted by Gasteiger charge is -2.11. The molecule has 3 aromatic rings. The highest BCUT2D eigenvalue weighted by atomic mass is 16.1. The third-order valence-corrected chi connectivity index (χ3v) is 3.96. The summed E-state index contributed by atoms with van der Waals surface area (Å²) in [6, 6.07) is 16.0. The maximum absolute atomic E-state index is 12.4. The van der Waals surface area contributed by atoms with E-state index in [-0.39, 0.29) is 23.6 Å². The number of carbonyl (C=O) groups is 2. The van der Waals surface area contributed by atoms with E-state index in [1.807, 2.05) is 37.3 Å². The maximum Gasteiger partial charge on any atom is 0.187 e. The normalized spacial score (nSPS) is 10.4. The molecule has 3 rings (SSSR count). The Kier molecular flexibility index (Phi) is 4.57. The zero-order chi connectivity index (χ0) is 16.9. The first-order chi connectivity index (χ1) is 11.7. The molecule has 118 valence electrons. The zero-order valence-corrected chi connectivity index (χ0v) is 13.3. The summed E-state index contributed by atoms with van der Waals surface area (Å²) < 4.78 is 0. The molecule has 0 N–H and O–H groups in total. The van der Waals surface area contributed by atoms with Crippen LogP contribution in [0.2, 0.25) is 0 Å². The zero-order valence-electron chi connectivity index (χ0n) is 13.3. The smallest absolute Gasteiger partial charge is 0.187 e. The minimum Gasteiger partial charge on any atom is -0.296 e. The number of benzene rings is 2. The summed E-state index contributed by atoms with van der Waals surface area (Å²) in [5.41, 5.74) is 4.76. The molecule has 2 aromatic carbocycles. The predicted octanol–water partition coefficient (Wildman–Crippen LogP) is 3.69. The van der Waals surface area contributed by atoms with E-state index < -0.39 is 0 Å². The van der Waals surface area contributed by atoms with Gasteiger partial charge in [-0.3, -0.25) is 9.59 Å². The van der Waals surface area contributed by atoms with Crippen molar-refractivity contribution in [3.8, 4) is 11.1 Å². The molecule has 0 atom stereocenters. The van der Waals surface area contributed by atoms with Crippen LogP contribution < -0.4 is 0 Å². The van der Waals surface area contributed by atoms with Crippen LogP contribution >= 0.6 is 0 Å². The average molecular weight is 316 g/mol. The number of nitrogens with zero attached hydrogens (tertiary/aromatic N) is 2. The van der Waals surface area contributed by atoms with E-state index in [1.165, 1.54) is 12.4 Å². The largest absolute Gasteiger partial charge is 0.296 e. The van der Waals surface area contributed by atoms with Gasteiger partial charge < -0.3 is 0 Å². The Hall–Kier alpha value is -3.14. The van der Waals surface area contributed by atoms with Gasteiger partial charge in [0.05, 0.1) is 12.4 Å². The number of rotatable bonds is 5. The van der Waals surface area contributed by atoms with Gasteiger partial charge in [-0.15, -0.1) is 0 Å². The van der Waals surface area contributed by atoms with Gasteiger partial charge in [0, 0.05) is 6.42 Å². The Morgan fingerprint density at radius 1 is 1.00 bits per heavy atom. The number of aromatic nitrogens is 2. The van der Waals surface area contributed by atoms with Gasteiger partial charge in [0.1, 0.15) is 11.4 Å². The van der Waals surface area contributed by atoms with E-state index in [0.29, 0.717) is 6.29 Å². The molecule has 0 aliphatic heterocycles. The van der Waals surface area contributed by atoms with Crippen molar-refractivity contribution in [1.29, 1.82) is 0 Å². The molecule has 1 aromatic heterocycles. The second-order valence-corrected chi connectivity index (χ2v) is 5.50. The van der Waals surface area contributed by atoms with Crippen LogP contribution in [0.1, 0.15) is 32.1 Å². The van der Waals surface area contributed by atoms with Crippen molar-refractivity contribution in [2.75, 3.05) is 0 Å². The van der Waals surface area contributed by atoms with Crippen LogP contribution in [0.25, 0.3) is 11.1 Å². The fraction of sp³-hybridized carbons (Fsp3) is 0.100. The molecule has 4 nitrogen and oxygen atoms in total. The number of ketones is 1. The molecule has 0 aliphatic carbocycles. The third-order valence-electron chi connectivity index (χ3n) is 3.96. The maximum atomic E-state index is 12.4. The first kappa shape index (κ1) is 15.7. The summed E-state index contributed by atoms with van der Waals surface area (Å²) in [4.78, 5) is 30.9. The number of hydrogen-bond acceptors (Lipinski definition) is 4. The summed E-state index contributed by atoms with van der Waals surface area (Å²) >= 11 is 0. The van der Waals surface area contributed by atoms with Gasteiger partial charge in [-0.25, -0.2) is 9.97 Å². The fourth-order valence-electron chi connectivity index (χ4n) is 2.61. The van der Waals surface area contributed by atoms with Crippen molar-refractivity contribution in [2.45, 2.75) is 13.3 Å². The van der Waals surface area contributed by atoms with Crippen LogP contribution in [0.5, 0.6) is 0 Å². The van der Waals surface area contributed by atoms with Crippen molar-refractivity contribution in [2.24, 2.45) is 0 Å². The number of Topliss-reactive ketones (excluding diaryl/α,β-unsaturated/α-hetero) is 1. The van der Waals surface area contributed by atoms with Crippen molar-refractivity contribution < 1.29 is 9.59 Å². The minimum absolute atomic E-state index is 0.117. The molecular weight excluding hydrogens is 300 g/mol. The quantitative estimate of drug-likeness (QED) is 0.532. The second kappa shape index (κ2) is 6.96. The Labute approximate surface area is 140 Å². The highest BCUT2D eigenvalue weighted by molar-refractivity contribution is 5.96. The average Bonchev–Trinajstić information content (AvgIpc) is 2.64. The Balaban J connectivity index is 1.87. The molecule has 0 aliphatic rings. The summed E-state index contributed by atoms with van der Waals surface area (Å²) in [5.74, 6) is -0.117. The fourth-order valence-corrected chi connectivity index (χ4v) is 2.61. The molecule has 0 saturated carbocycles. The van der Waals surface area contributed by atoms with Crippen LogP contribution in [0.15, 0.2) is 60.9 Å². The van der Waals surface area contributed by atoms with Crippen molar-refractivity contribution >= 4 is 12.1 Å². The lowest BCUT2D eigenvalue weighted by molar-refractivity contribution is 0.0986. The lowest BCUT2D eigenvalue weighted by Crippen LogP contribution is -2.08. The van der Waals surface area contributed by atoms with Crippen molar-refractivity contribution in [3.05, 3.63) is 83.4 Å². The van der Waals surface area contributed by atoms with E-state index in [0.717, 1.165) is 22.3 Å². The molecule has 1 heterocycles. The first-order valence-corrected chi connectivity index (χ1v) is 7.63. The summed E-state index contributed by atoms with van der Waals surface area (Å²) in [5, 5.41) is 0. The Morgan fingerprint density at radius 2 is 1.79 bits per heavy atom. The van der Waals surface area contributed by atoms with E-state index in [2.05, 4.69) is 28.2 Å². The van der Waals surface area contributed by atoms with E-state index in [4.69, 9.17) is 0 Å². The molecule has 0 bridgehead atoms. The van der Waals surface area contributed by atoms with Crippen LogP contribution in [-0.2, 0) is 6.42 Å². The van der Waals surface area contributed by atoms with Crippen LogP contribution in [0, 0.1) is 6.92 Å². The molecule has 0 saturated heterocycles. The molecular formula is C20H16N2O2. The highest BCUT2D eigenvalue weighted by Crippen LogP contribution is 2.26. The molecule has 0 radical (unpaired) electrons. The summed E-state index contributed by atoms with van der Waals surface area (Å²) in [6.45, 7) is 2.02. The van der Waals surface area contributed by atoms with Gasteiger partial charge in [0.25, 0.3) is 0 Å². The van der Waals surface area contributed by atoms with Crippen LogP contribution in [0.4, 0.5) is 0 Å². The first-order valence-electron chi connectivity index (χ1n) is 7.63. The van der Waals surface area contributed by atoms with Crippen LogP contribution in [0.3, 0.4) is 0 Å². The molecule has 0 unspecified atom stereocenters. The standard InChI is InChI=1S/C20H16N2O2/c1-14-16(8-5-9-18(14)15-6-3-2-4-7-15)10-20(24)19-12-21-17(13-23)11-22-19/h2-9,11-13H,10H2,1H3. The predicted molar refractivity (Wildman–Crippen MR) is 92.1 cm³/mol. The lowest BCUT2D eigenvalue weighted by atomic mass is 9.94. The van der Waals surface area contributed by atoms with Gasteiger partial charge in [0.2, 0.25) is 0 Å². The topological polar surface area (TPSA) is 59.9 Å². The van der Waals surface area contributed by atoms with Crippen molar-refractivity contribution in [3.63, 3.8) is 0 Å². The number of aldehydes is 1. The van der Waals surface area contributed by atoms with Gasteiger partial charge >= 0.3 is 0 Å². The minimum atomic E-state index is -0.117. The SMILES string of the molecule is Cc1c(CC(=O)c2cnc(C=O)cn2)cccc1-c1ccccc1. The third kappa shape index (κ3) is 3.27. The molecule has 0 amide bonds. The van der Waals surface area contributed by atoms with Crippen LogP contribution in [-0.4, -0.2) is 22.0 Å². The Bertz CT molecular complexity index is 872. The van der Waals surface area contributed by atoms with E-state index in [9.17, 15) is 9.59 Å². The van der Waals surface area contributed by atoms with Crippen molar-refractivity contribution in [1.82, 2.24) is 9.97 Å². The summed E-state index contributed by atoms with van der Waals surface area (Å²) in [7, 11) is 0. The monoisotopic (exact) mass is 316 g/mol. The molecule has 24 heavy (non-hydrogen) atoms. The van der Waals surface area contributed by atoms with Gasteiger partial charge in [-0.2, -0.15) is 0 Å². The molecule has 4 heteroatoms. The van der Waals surface area contributed by atoms with Gasteiger partial charge in [-0.05, 0) is 29.2 Å². The van der Waals surface area contributed by atoms with Gasteiger partial charge in [-0.1, -0.05) is 48.5 Å². The Morgan fingerprint density at radius 3 is 2.46 bits per heavy atom. The van der Waals surface area contributed by atoms with Gasteiger partial charge in [0.15, 0.2) is 12.1 Å². The highest BCUT2D eigenvalue weighted by Gasteiger charge is 2.13. The van der Waals surface area contributed by atoms with E-state index >= 15 is 0 Å².